The molecule has 2 aromatic carbocycles. The van der Waals surface area contributed by atoms with E-state index in [9.17, 15) is 14.0 Å². The van der Waals surface area contributed by atoms with E-state index in [-0.39, 0.29) is 17.0 Å². The van der Waals surface area contributed by atoms with Crippen LogP contribution in [0, 0.1) is 19.7 Å². The molecule has 146 valence electrons. The lowest BCUT2D eigenvalue weighted by atomic mass is 10.1. The van der Waals surface area contributed by atoms with Gasteiger partial charge in [-0.1, -0.05) is 18.2 Å². The highest BCUT2D eigenvalue weighted by Crippen LogP contribution is 2.23. The number of halogens is 1. The largest absolute Gasteiger partial charge is 0.450 e. The highest BCUT2D eigenvalue weighted by atomic mass is 32.1. The monoisotopic (exact) mass is 408 g/mol. The molecule has 0 unspecified atom stereocenters. The Morgan fingerprint density at radius 3 is 2.69 bits per heavy atom. The summed E-state index contributed by atoms with van der Waals surface area (Å²) in [4.78, 5) is 30.1. The molecule has 0 atom stereocenters. The standard InChI is InChI=1S/C22H17FN2O3S/c1-12-7-13(2)20-17(8-12)18(26)10-19(28-20)21(27)25-22-24-11-16(29-22)9-14-3-5-15(23)6-4-14/h3-8,10-11H,9H2,1-2H3,(H,24,25,27). The molecule has 0 aliphatic carbocycles. The Morgan fingerprint density at radius 1 is 1.17 bits per heavy atom. The molecule has 0 aliphatic heterocycles. The molecule has 0 spiro atoms. The average Bonchev–Trinajstić information content (AvgIpc) is 3.11. The maximum Gasteiger partial charge on any atom is 0.293 e. The van der Waals surface area contributed by atoms with Crippen molar-refractivity contribution in [1.29, 1.82) is 0 Å². The van der Waals surface area contributed by atoms with E-state index >= 15 is 0 Å². The van der Waals surface area contributed by atoms with Gasteiger partial charge in [0, 0.05) is 23.6 Å². The predicted octanol–water partition coefficient (Wildman–Crippen LogP) is 4.85. The molecule has 2 aromatic heterocycles. The third kappa shape index (κ3) is 4.09. The van der Waals surface area contributed by atoms with E-state index in [1.807, 2.05) is 19.9 Å². The highest BCUT2D eigenvalue weighted by molar-refractivity contribution is 7.15. The van der Waals surface area contributed by atoms with E-state index in [1.165, 1.54) is 29.5 Å². The van der Waals surface area contributed by atoms with Gasteiger partial charge in [-0.3, -0.25) is 14.9 Å². The summed E-state index contributed by atoms with van der Waals surface area (Å²) in [5, 5.41) is 3.52. The van der Waals surface area contributed by atoms with E-state index < -0.39 is 5.91 Å². The van der Waals surface area contributed by atoms with Crippen LogP contribution in [-0.2, 0) is 6.42 Å². The van der Waals surface area contributed by atoms with Crippen molar-refractivity contribution in [2.75, 3.05) is 5.32 Å². The lowest BCUT2D eigenvalue weighted by Crippen LogP contribution is -2.15. The number of nitrogens with zero attached hydrogens (tertiary/aromatic N) is 1. The van der Waals surface area contributed by atoms with Crippen molar-refractivity contribution >= 4 is 33.3 Å². The van der Waals surface area contributed by atoms with Crippen molar-refractivity contribution in [2.45, 2.75) is 20.3 Å². The van der Waals surface area contributed by atoms with Crippen LogP contribution in [0.3, 0.4) is 0 Å². The van der Waals surface area contributed by atoms with Gasteiger partial charge in [-0.05, 0) is 48.7 Å². The van der Waals surface area contributed by atoms with Crippen molar-refractivity contribution in [3.05, 3.63) is 92.0 Å². The van der Waals surface area contributed by atoms with E-state index in [0.717, 1.165) is 21.6 Å². The molecule has 0 bridgehead atoms. The Labute approximate surface area is 169 Å². The summed E-state index contributed by atoms with van der Waals surface area (Å²) >= 11 is 1.31. The highest BCUT2D eigenvalue weighted by Gasteiger charge is 2.16. The number of carbonyl (C=O) groups excluding carboxylic acids is 1. The summed E-state index contributed by atoms with van der Waals surface area (Å²) in [6.45, 7) is 3.74. The quantitative estimate of drug-likeness (QED) is 0.524. The Balaban J connectivity index is 1.55. The first-order valence-electron chi connectivity index (χ1n) is 8.94. The van der Waals surface area contributed by atoms with Crippen LogP contribution in [0.1, 0.15) is 32.1 Å². The zero-order chi connectivity index (χ0) is 20.5. The summed E-state index contributed by atoms with van der Waals surface area (Å²) in [7, 11) is 0. The minimum Gasteiger partial charge on any atom is -0.450 e. The number of aryl methyl sites for hydroxylation is 2. The molecule has 1 amide bonds. The number of benzene rings is 2. The third-order valence-corrected chi connectivity index (χ3v) is 5.36. The first-order chi connectivity index (χ1) is 13.9. The van der Waals surface area contributed by atoms with Crippen LogP contribution in [0.4, 0.5) is 9.52 Å². The Bertz CT molecular complexity index is 1280. The molecule has 4 aromatic rings. The number of nitrogens with one attached hydrogen (secondary N) is 1. The number of fused-ring (bicyclic) bond motifs is 1. The third-order valence-electron chi connectivity index (χ3n) is 4.45. The molecular weight excluding hydrogens is 391 g/mol. The normalized spacial score (nSPS) is 11.0. The van der Waals surface area contributed by atoms with Crippen molar-refractivity contribution in [3.63, 3.8) is 0 Å². The number of thiazole rings is 1. The summed E-state index contributed by atoms with van der Waals surface area (Å²) in [6, 6.07) is 11.1. The number of hydrogen-bond donors (Lipinski definition) is 1. The number of hydrogen-bond acceptors (Lipinski definition) is 5. The maximum atomic E-state index is 13.0. The van der Waals surface area contributed by atoms with Crippen LogP contribution >= 0.6 is 11.3 Å². The molecule has 4 rings (SSSR count). The smallest absolute Gasteiger partial charge is 0.293 e. The number of rotatable bonds is 4. The molecule has 29 heavy (non-hydrogen) atoms. The van der Waals surface area contributed by atoms with E-state index in [2.05, 4.69) is 10.3 Å². The molecule has 7 heteroatoms. The number of aromatic nitrogens is 1. The van der Waals surface area contributed by atoms with Crippen LogP contribution < -0.4 is 10.7 Å². The van der Waals surface area contributed by atoms with Crippen molar-refractivity contribution < 1.29 is 13.6 Å². The minimum absolute atomic E-state index is 0.0651. The van der Waals surface area contributed by atoms with Crippen molar-refractivity contribution in [1.82, 2.24) is 4.98 Å². The SMILES string of the molecule is Cc1cc(C)c2oc(C(=O)Nc3ncc(Cc4ccc(F)cc4)s3)cc(=O)c2c1. The molecule has 0 radical (unpaired) electrons. The van der Waals surface area contributed by atoms with Gasteiger partial charge in [0.25, 0.3) is 5.91 Å². The van der Waals surface area contributed by atoms with Crippen molar-refractivity contribution in [3.8, 4) is 0 Å². The summed E-state index contributed by atoms with van der Waals surface area (Å²) in [5.74, 6) is -0.885. The molecule has 0 saturated heterocycles. The fourth-order valence-electron chi connectivity index (χ4n) is 3.13. The van der Waals surface area contributed by atoms with Gasteiger partial charge in [0.05, 0.1) is 5.39 Å². The van der Waals surface area contributed by atoms with Crippen LogP contribution in [0.5, 0.6) is 0 Å². The van der Waals surface area contributed by atoms with Gasteiger partial charge in [-0.25, -0.2) is 9.37 Å². The fourth-order valence-corrected chi connectivity index (χ4v) is 3.97. The van der Waals surface area contributed by atoms with Gasteiger partial charge >= 0.3 is 0 Å². The number of carbonyl (C=O) groups is 1. The minimum atomic E-state index is -0.536. The molecule has 2 heterocycles. The van der Waals surface area contributed by atoms with E-state index in [0.29, 0.717) is 22.5 Å². The maximum absolute atomic E-state index is 13.0. The lowest BCUT2D eigenvalue weighted by molar-refractivity contribution is 0.0997. The second kappa shape index (κ2) is 7.60. The number of anilines is 1. The van der Waals surface area contributed by atoms with Gasteiger partial charge in [0.1, 0.15) is 11.4 Å². The second-order valence-electron chi connectivity index (χ2n) is 6.82. The van der Waals surface area contributed by atoms with Crippen LogP contribution in [0.2, 0.25) is 0 Å². The Hall–Kier alpha value is -3.32. The van der Waals surface area contributed by atoms with Crippen LogP contribution in [-0.4, -0.2) is 10.9 Å². The molecule has 0 fully saturated rings. The Kier molecular flexibility index (Phi) is 4.98. The van der Waals surface area contributed by atoms with Gasteiger partial charge in [-0.2, -0.15) is 0 Å². The second-order valence-corrected chi connectivity index (χ2v) is 7.94. The van der Waals surface area contributed by atoms with E-state index in [1.54, 1.807) is 24.4 Å². The summed E-state index contributed by atoms with van der Waals surface area (Å²) in [5.41, 5.74) is 2.83. The van der Waals surface area contributed by atoms with Gasteiger partial charge in [0.2, 0.25) is 0 Å². The van der Waals surface area contributed by atoms with Crippen LogP contribution in [0.15, 0.2) is 57.9 Å². The number of amides is 1. The van der Waals surface area contributed by atoms with Crippen LogP contribution in [0.25, 0.3) is 11.0 Å². The van der Waals surface area contributed by atoms with Gasteiger partial charge < -0.3 is 4.42 Å². The zero-order valence-corrected chi connectivity index (χ0v) is 16.6. The first-order valence-corrected chi connectivity index (χ1v) is 9.76. The average molecular weight is 408 g/mol. The topological polar surface area (TPSA) is 72.2 Å². The lowest BCUT2D eigenvalue weighted by Gasteiger charge is -2.06. The fraction of sp³-hybridized carbons (Fsp3) is 0.136. The molecule has 5 nitrogen and oxygen atoms in total. The molecule has 1 N–H and O–H groups in total. The summed E-state index contributed by atoms with van der Waals surface area (Å²) < 4.78 is 18.7. The molecule has 0 aliphatic rings. The zero-order valence-electron chi connectivity index (χ0n) is 15.8. The van der Waals surface area contributed by atoms with Gasteiger partial charge in [-0.15, -0.1) is 11.3 Å². The molecular formula is C22H17FN2O3S. The van der Waals surface area contributed by atoms with Crippen molar-refractivity contribution in [2.24, 2.45) is 0 Å². The van der Waals surface area contributed by atoms with Gasteiger partial charge in [0.15, 0.2) is 16.3 Å². The summed E-state index contributed by atoms with van der Waals surface area (Å²) in [6.07, 6.45) is 2.24. The predicted molar refractivity (Wildman–Crippen MR) is 111 cm³/mol. The Morgan fingerprint density at radius 2 is 1.93 bits per heavy atom. The first kappa shape index (κ1) is 19.0. The molecule has 0 saturated carbocycles. The van der Waals surface area contributed by atoms with E-state index in [4.69, 9.17) is 4.42 Å².